The number of hydrogen-bond donors (Lipinski definition) is 3. The van der Waals surface area contributed by atoms with Crippen LogP contribution in [-0.4, -0.2) is 37.3 Å². The Hall–Kier alpha value is -3.06. The lowest BCUT2D eigenvalue weighted by atomic mass is 10.0. The Morgan fingerprint density at radius 3 is 2.38 bits per heavy atom. The monoisotopic (exact) mass is 439 g/mol. The normalized spacial score (nSPS) is 16.5. The average Bonchev–Trinajstić information content (AvgIpc) is 3.27. The molecule has 0 aromatic heterocycles. The van der Waals surface area contributed by atoms with Gasteiger partial charge in [0.15, 0.2) is 6.10 Å². The summed E-state index contributed by atoms with van der Waals surface area (Å²) in [5.41, 5.74) is 3.42. The van der Waals surface area contributed by atoms with E-state index in [0.717, 1.165) is 36.3 Å². The van der Waals surface area contributed by atoms with Gasteiger partial charge in [0.1, 0.15) is 5.75 Å². The van der Waals surface area contributed by atoms with E-state index in [1.165, 1.54) is 0 Å². The molecule has 7 nitrogen and oxygen atoms in total. The zero-order valence-corrected chi connectivity index (χ0v) is 19.2. The van der Waals surface area contributed by atoms with Crippen LogP contribution in [0, 0.1) is 6.92 Å². The molecule has 0 saturated carbocycles. The first-order valence-corrected chi connectivity index (χ1v) is 11.2. The van der Waals surface area contributed by atoms with Crippen LogP contribution in [0.3, 0.4) is 0 Å². The predicted octanol–water partition coefficient (Wildman–Crippen LogP) is 4.82. The highest BCUT2D eigenvalue weighted by Gasteiger charge is 2.18. The van der Waals surface area contributed by atoms with Gasteiger partial charge in [0, 0.05) is 24.5 Å². The Labute approximate surface area is 189 Å². The van der Waals surface area contributed by atoms with Gasteiger partial charge in [-0.05, 0) is 74.1 Å². The number of aryl methyl sites for hydroxylation is 1. The van der Waals surface area contributed by atoms with Crippen molar-refractivity contribution in [2.45, 2.75) is 58.7 Å². The fraction of sp³-hybridized carbons (Fsp3) is 0.440. The van der Waals surface area contributed by atoms with Crippen LogP contribution in [-0.2, 0) is 9.53 Å². The van der Waals surface area contributed by atoms with Crippen LogP contribution in [0.1, 0.15) is 50.7 Å². The number of rotatable bonds is 8. The highest BCUT2D eigenvalue weighted by Crippen LogP contribution is 2.28. The summed E-state index contributed by atoms with van der Waals surface area (Å²) in [7, 11) is 0. The number of nitrogens with one attached hydrogen (secondary N) is 3. The van der Waals surface area contributed by atoms with Crippen LogP contribution in [0.5, 0.6) is 5.75 Å². The van der Waals surface area contributed by atoms with Crippen molar-refractivity contribution >= 4 is 23.3 Å². The van der Waals surface area contributed by atoms with Crippen molar-refractivity contribution in [2.75, 3.05) is 23.8 Å². The van der Waals surface area contributed by atoms with Crippen molar-refractivity contribution < 1.29 is 19.1 Å². The second kappa shape index (κ2) is 11.0. The lowest BCUT2D eigenvalue weighted by Crippen LogP contribution is -2.35. The molecule has 2 aromatic rings. The Morgan fingerprint density at radius 2 is 1.75 bits per heavy atom. The molecule has 0 radical (unpaired) electrons. The minimum atomic E-state index is -0.657. The lowest BCUT2D eigenvalue weighted by molar-refractivity contribution is -0.122. The smallest absolute Gasteiger partial charge is 0.319 e. The van der Waals surface area contributed by atoms with Crippen molar-refractivity contribution in [3.8, 4) is 5.75 Å². The summed E-state index contributed by atoms with van der Waals surface area (Å²) in [6.07, 6.45) is 1.45. The molecule has 2 unspecified atom stereocenters. The number of urea groups is 1. The number of anilines is 2. The molecule has 2 atom stereocenters. The van der Waals surface area contributed by atoms with Gasteiger partial charge in [0.25, 0.3) is 5.91 Å². The molecule has 0 aliphatic carbocycles. The molecular weight excluding hydrogens is 406 g/mol. The zero-order valence-electron chi connectivity index (χ0n) is 19.2. The fourth-order valence-electron chi connectivity index (χ4n) is 3.53. The van der Waals surface area contributed by atoms with E-state index in [4.69, 9.17) is 9.47 Å². The molecule has 1 saturated heterocycles. The van der Waals surface area contributed by atoms with E-state index in [0.29, 0.717) is 23.8 Å². The highest BCUT2D eigenvalue weighted by molar-refractivity contribution is 5.95. The summed E-state index contributed by atoms with van der Waals surface area (Å²) in [5, 5.41) is 8.45. The standard InChI is InChI=1S/C25H33N3O4/c1-16(2)22-12-7-17(3)14-23(22)32-18(4)24(29)27-19-8-10-20(11-9-19)28-25(30)26-15-21-6-5-13-31-21/h7-12,14,16,18,21H,5-6,13,15H2,1-4H3,(H,27,29)(H2,26,28,30). The van der Waals surface area contributed by atoms with E-state index in [1.54, 1.807) is 31.2 Å². The SMILES string of the molecule is Cc1ccc(C(C)C)c(OC(C)C(=O)Nc2ccc(NC(=O)NCC3CCCO3)cc2)c1. The maximum atomic E-state index is 12.6. The number of carbonyl (C=O) groups is 2. The molecule has 1 heterocycles. The third kappa shape index (κ3) is 6.72. The maximum Gasteiger partial charge on any atom is 0.319 e. The minimum Gasteiger partial charge on any atom is -0.481 e. The van der Waals surface area contributed by atoms with Crippen LogP contribution in [0.15, 0.2) is 42.5 Å². The molecule has 1 fully saturated rings. The van der Waals surface area contributed by atoms with Crippen molar-refractivity contribution in [3.05, 3.63) is 53.6 Å². The van der Waals surface area contributed by atoms with E-state index < -0.39 is 6.10 Å². The molecule has 0 bridgehead atoms. The summed E-state index contributed by atoms with van der Waals surface area (Å²) in [5.74, 6) is 0.788. The van der Waals surface area contributed by atoms with E-state index in [1.807, 2.05) is 25.1 Å². The topological polar surface area (TPSA) is 88.7 Å². The van der Waals surface area contributed by atoms with Crippen LogP contribution < -0.4 is 20.7 Å². The number of hydrogen-bond acceptors (Lipinski definition) is 4. The van der Waals surface area contributed by atoms with Gasteiger partial charge in [0.2, 0.25) is 0 Å². The van der Waals surface area contributed by atoms with Crippen LogP contribution in [0.2, 0.25) is 0 Å². The predicted molar refractivity (Wildman–Crippen MR) is 126 cm³/mol. The Balaban J connectivity index is 1.50. The van der Waals surface area contributed by atoms with Crippen LogP contribution in [0.4, 0.5) is 16.2 Å². The summed E-state index contributed by atoms with van der Waals surface area (Å²) in [4.78, 5) is 24.7. The number of amides is 3. The van der Waals surface area contributed by atoms with E-state index >= 15 is 0 Å². The minimum absolute atomic E-state index is 0.0963. The molecule has 1 aliphatic heterocycles. The van der Waals surface area contributed by atoms with Crippen molar-refractivity contribution in [3.63, 3.8) is 0 Å². The molecule has 3 amide bonds. The van der Waals surface area contributed by atoms with Gasteiger partial charge in [0.05, 0.1) is 6.10 Å². The van der Waals surface area contributed by atoms with Gasteiger partial charge >= 0.3 is 6.03 Å². The zero-order chi connectivity index (χ0) is 23.1. The summed E-state index contributed by atoms with van der Waals surface area (Å²) in [6.45, 7) is 9.18. The van der Waals surface area contributed by atoms with Gasteiger partial charge < -0.3 is 25.4 Å². The van der Waals surface area contributed by atoms with Gasteiger partial charge in [-0.25, -0.2) is 4.79 Å². The third-order valence-corrected chi connectivity index (χ3v) is 5.39. The maximum absolute atomic E-state index is 12.6. The van der Waals surface area contributed by atoms with Gasteiger partial charge in [-0.3, -0.25) is 4.79 Å². The molecule has 7 heteroatoms. The highest BCUT2D eigenvalue weighted by atomic mass is 16.5. The van der Waals surface area contributed by atoms with E-state index in [-0.39, 0.29) is 18.0 Å². The van der Waals surface area contributed by atoms with Crippen molar-refractivity contribution in [1.82, 2.24) is 5.32 Å². The molecule has 2 aromatic carbocycles. The van der Waals surface area contributed by atoms with Crippen molar-refractivity contribution in [2.24, 2.45) is 0 Å². The van der Waals surface area contributed by atoms with Crippen LogP contribution >= 0.6 is 0 Å². The number of benzene rings is 2. The molecule has 0 spiro atoms. The summed E-state index contributed by atoms with van der Waals surface area (Å²) < 4.78 is 11.5. The Kier molecular flexibility index (Phi) is 8.11. The second-order valence-corrected chi connectivity index (χ2v) is 8.49. The van der Waals surface area contributed by atoms with E-state index in [9.17, 15) is 9.59 Å². The number of carbonyl (C=O) groups excluding carboxylic acids is 2. The number of ether oxygens (including phenoxy) is 2. The van der Waals surface area contributed by atoms with Gasteiger partial charge in [-0.15, -0.1) is 0 Å². The van der Waals surface area contributed by atoms with Gasteiger partial charge in [-0.1, -0.05) is 26.0 Å². The summed E-state index contributed by atoms with van der Waals surface area (Å²) >= 11 is 0. The molecule has 172 valence electrons. The van der Waals surface area contributed by atoms with Crippen molar-refractivity contribution in [1.29, 1.82) is 0 Å². The van der Waals surface area contributed by atoms with E-state index in [2.05, 4.69) is 29.8 Å². The Bertz CT molecular complexity index is 921. The first-order valence-electron chi connectivity index (χ1n) is 11.2. The molecule has 32 heavy (non-hydrogen) atoms. The average molecular weight is 440 g/mol. The third-order valence-electron chi connectivity index (χ3n) is 5.39. The quantitative estimate of drug-likeness (QED) is 0.550. The second-order valence-electron chi connectivity index (χ2n) is 8.49. The Morgan fingerprint density at radius 1 is 1.06 bits per heavy atom. The largest absolute Gasteiger partial charge is 0.481 e. The first kappa shape index (κ1) is 23.6. The first-order chi connectivity index (χ1) is 15.3. The fourth-order valence-corrected chi connectivity index (χ4v) is 3.53. The molecule has 3 rings (SSSR count). The van der Waals surface area contributed by atoms with Gasteiger partial charge in [-0.2, -0.15) is 0 Å². The molecule has 1 aliphatic rings. The molecular formula is C25H33N3O4. The van der Waals surface area contributed by atoms with Crippen LogP contribution in [0.25, 0.3) is 0 Å². The lowest BCUT2D eigenvalue weighted by Gasteiger charge is -2.19. The summed E-state index contributed by atoms with van der Waals surface area (Å²) in [6, 6.07) is 12.7. The molecule has 3 N–H and O–H groups in total.